The van der Waals surface area contributed by atoms with Gasteiger partial charge in [-0.1, -0.05) is 97.1 Å². The normalized spacial score (nSPS) is 11.3. The summed E-state index contributed by atoms with van der Waals surface area (Å²) in [5, 5.41) is 25.9. The molecule has 156 valence electrons. The standard InChI is InChI=1S/C30H21BO2/c32-31(33)28-13-15-30-27(19-28)11-10-26-18-25(12-14-29(26)30)23-7-3-6-22(17-23)24-9-8-20-4-1-2-5-21(20)16-24/h1-19,32-33H. The minimum atomic E-state index is -1.46. The second kappa shape index (κ2) is 7.89. The lowest BCUT2D eigenvalue weighted by molar-refractivity contribution is 0.426. The van der Waals surface area contributed by atoms with Gasteiger partial charge in [0.2, 0.25) is 0 Å². The van der Waals surface area contributed by atoms with E-state index in [1.165, 1.54) is 33.0 Å². The van der Waals surface area contributed by atoms with Crippen LogP contribution in [-0.2, 0) is 0 Å². The van der Waals surface area contributed by atoms with Crippen LogP contribution in [0.4, 0.5) is 0 Å². The second-order valence-corrected chi connectivity index (χ2v) is 8.50. The van der Waals surface area contributed by atoms with E-state index in [1.807, 2.05) is 18.2 Å². The minimum absolute atomic E-state index is 0.504. The first kappa shape index (κ1) is 19.7. The molecule has 6 aromatic rings. The fourth-order valence-corrected chi connectivity index (χ4v) is 4.68. The van der Waals surface area contributed by atoms with Gasteiger partial charge in [-0.3, -0.25) is 0 Å². The maximum atomic E-state index is 9.47. The highest BCUT2D eigenvalue weighted by Crippen LogP contribution is 2.32. The molecule has 0 heterocycles. The van der Waals surface area contributed by atoms with Gasteiger partial charge >= 0.3 is 7.12 Å². The van der Waals surface area contributed by atoms with E-state index in [1.54, 1.807) is 6.07 Å². The lowest BCUT2D eigenvalue weighted by atomic mass is 9.79. The zero-order valence-corrected chi connectivity index (χ0v) is 17.9. The van der Waals surface area contributed by atoms with Crippen LogP contribution in [0.5, 0.6) is 0 Å². The fraction of sp³-hybridized carbons (Fsp3) is 0. The van der Waals surface area contributed by atoms with Gasteiger partial charge in [0.15, 0.2) is 0 Å². The van der Waals surface area contributed by atoms with Crippen molar-refractivity contribution in [2.75, 3.05) is 0 Å². The smallest absolute Gasteiger partial charge is 0.423 e. The van der Waals surface area contributed by atoms with Gasteiger partial charge in [-0.2, -0.15) is 0 Å². The summed E-state index contributed by atoms with van der Waals surface area (Å²) < 4.78 is 0. The molecule has 0 unspecified atom stereocenters. The summed E-state index contributed by atoms with van der Waals surface area (Å²) in [6.45, 7) is 0. The molecule has 0 saturated heterocycles. The summed E-state index contributed by atoms with van der Waals surface area (Å²) >= 11 is 0. The Kier molecular flexibility index (Phi) is 4.72. The average molecular weight is 424 g/mol. The zero-order valence-electron chi connectivity index (χ0n) is 17.9. The van der Waals surface area contributed by atoms with E-state index in [0.29, 0.717) is 5.46 Å². The molecule has 2 N–H and O–H groups in total. The van der Waals surface area contributed by atoms with Crippen molar-refractivity contribution < 1.29 is 10.0 Å². The molecule has 6 aromatic carbocycles. The Hall–Kier alpha value is -3.92. The zero-order chi connectivity index (χ0) is 22.4. The van der Waals surface area contributed by atoms with Crippen molar-refractivity contribution in [3.63, 3.8) is 0 Å². The summed E-state index contributed by atoms with van der Waals surface area (Å²) in [7, 11) is -1.46. The maximum absolute atomic E-state index is 9.47. The number of hydrogen-bond acceptors (Lipinski definition) is 2. The summed E-state index contributed by atoms with van der Waals surface area (Å²) in [4.78, 5) is 0. The summed E-state index contributed by atoms with van der Waals surface area (Å²) in [5.74, 6) is 0. The Balaban J connectivity index is 1.42. The predicted molar refractivity (Wildman–Crippen MR) is 140 cm³/mol. The van der Waals surface area contributed by atoms with Gasteiger partial charge in [-0.25, -0.2) is 0 Å². The van der Waals surface area contributed by atoms with E-state index in [-0.39, 0.29) is 0 Å². The van der Waals surface area contributed by atoms with Crippen LogP contribution in [0.1, 0.15) is 0 Å². The van der Waals surface area contributed by atoms with E-state index in [0.717, 1.165) is 21.5 Å². The van der Waals surface area contributed by atoms with E-state index in [9.17, 15) is 10.0 Å². The predicted octanol–water partition coefficient (Wildman–Crippen LogP) is 6.16. The molecule has 0 aliphatic carbocycles. The third-order valence-electron chi connectivity index (χ3n) is 6.44. The van der Waals surface area contributed by atoms with Crippen LogP contribution >= 0.6 is 0 Å². The topological polar surface area (TPSA) is 40.5 Å². The Labute approximate surface area is 192 Å². The van der Waals surface area contributed by atoms with Crippen molar-refractivity contribution in [3.05, 3.63) is 115 Å². The van der Waals surface area contributed by atoms with Crippen molar-refractivity contribution in [2.24, 2.45) is 0 Å². The lowest BCUT2D eigenvalue weighted by Gasteiger charge is -2.10. The molecule has 0 bridgehead atoms. The van der Waals surface area contributed by atoms with Crippen LogP contribution in [0.2, 0.25) is 0 Å². The molecule has 0 amide bonds. The highest BCUT2D eigenvalue weighted by atomic mass is 16.4. The Morgan fingerprint density at radius 3 is 1.67 bits per heavy atom. The van der Waals surface area contributed by atoms with E-state index < -0.39 is 7.12 Å². The number of benzene rings is 6. The molecule has 3 heteroatoms. The average Bonchev–Trinajstić information content (AvgIpc) is 2.87. The SMILES string of the molecule is OB(O)c1ccc2c(ccc3cc(-c4cccc(-c5ccc6ccccc6c5)c4)ccc32)c1. The molecular weight excluding hydrogens is 403 g/mol. The highest BCUT2D eigenvalue weighted by Gasteiger charge is 2.12. The third kappa shape index (κ3) is 3.58. The molecule has 0 saturated carbocycles. The summed E-state index contributed by atoms with van der Waals surface area (Å²) in [6, 6.07) is 40.0. The van der Waals surface area contributed by atoms with Gasteiger partial charge in [0, 0.05) is 0 Å². The third-order valence-corrected chi connectivity index (χ3v) is 6.44. The van der Waals surface area contributed by atoms with Gasteiger partial charge in [0.05, 0.1) is 0 Å². The number of hydrogen-bond donors (Lipinski definition) is 2. The Morgan fingerprint density at radius 1 is 0.394 bits per heavy atom. The molecule has 2 nitrogen and oxygen atoms in total. The monoisotopic (exact) mass is 424 g/mol. The quantitative estimate of drug-likeness (QED) is 0.264. The molecule has 0 aliphatic rings. The molecule has 6 rings (SSSR count). The van der Waals surface area contributed by atoms with Crippen molar-refractivity contribution in [2.45, 2.75) is 0 Å². The Bertz CT molecular complexity index is 1650. The molecule has 33 heavy (non-hydrogen) atoms. The van der Waals surface area contributed by atoms with Crippen LogP contribution in [0.15, 0.2) is 115 Å². The van der Waals surface area contributed by atoms with Gasteiger partial charge in [-0.05, 0) is 78.2 Å². The first-order valence-corrected chi connectivity index (χ1v) is 11.1. The van der Waals surface area contributed by atoms with Crippen molar-refractivity contribution in [1.29, 1.82) is 0 Å². The lowest BCUT2D eigenvalue weighted by Crippen LogP contribution is -2.29. The Morgan fingerprint density at radius 2 is 0.939 bits per heavy atom. The maximum Gasteiger partial charge on any atom is 0.488 e. The molecule has 0 radical (unpaired) electrons. The molecule has 0 aliphatic heterocycles. The van der Waals surface area contributed by atoms with E-state index in [4.69, 9.17) is 0 Å². The van der Waals surface area contributed by atoms with Crippen LogP contribution < -0.4 is 5.46 Å². The second-order valence-electron chi connectivity index (χ2n) is 8.50. The van der Waals surface area contributed by atoms with E-state index in [2.05, 4.69) is 91.0 Å². The van der Waals surface area contributed by atoms with Gasteiger partial charge in [0.1, 0.15) is 0 Å². The first-order chi connectivity index (χ1) is 16.2. The van der Waals surface area contributed by atoms with Gasteiger partial charge < -0.3 is 10.0 Å². The van der Waals surface area contributed by atoms with E-state index >= 15 is 0 Å². The van der Waals surface area contributed by atoms with Crippen molar-refractivity contribution >= 4 is 44.9 Å². The number of fused-ring (bicyclic) bond motifs is 4. The molecule has 0 aromatic heterocycles. The van der Waals surface area contributed by atoms with Crippen molar-refractivity contribution in [1.82, 2.24) is 0 Å². The van der Waals surface area contributed by atoms with Crippen LogP contribution in [0.3, 0.4) is 0 Å². The van der Waals surface area contributed by atoms with Crippen LogP contribution in [0.25, 0.3) is 54.6 Å². The minimum Gasteiger partial charge on any atom is -0.423 e. The van der Waals surface area contributed by atoms with Crippen LogP contribution in [-0.4, -0.2) is 17.2 Å². The van der Waals surface area contributed by atoms with Crippen LogP contribution in [0, 0.1) is 0 Å². The largest absolute Gasteiger partial charge is 0.488 e. The molecule has 0 fully saturated rings. The molecular formula is C30H21BO2. The molecule has 0 spiro atoms. The highest BCUT2D eigenvalue weighted by molar-refractivity contribution is 6.59. The van der Waals surface area contributed by atoms with Gasteiger partial charge in [0.25, 0.3) is 0 Å². The van der Waals surface area contributed by atoms with Crippen molar-refractivity contribution in [3.8, 4) is 22.3 Å². The summed E-state index contributed by atoms with van der Waals surface area (Å²) in [5.41, 5.74) is 5.27. The number of rotatable bonds is 3. The first-order valence-electron chi connectivity index (χ1n) is 11.1. The molecule has 0 atom stereocenters. The fourth-order valence-electron chi connectivity index (χ4n) is 4.68. The summed E-state index contributed by atoms with van der Waals surface area (Å²) in [6.07, 6.45) is 0. The van der Waals surface area contributed by atoms with Gasteiger partial charge in [-0.15, -0.1) is 0 Å².